The minimum absolute atomic E-state index is 0.119. The number of fused-ring (bicyclic) bond motifs is 1. The molecule has 1 aliphatic rings. The standard InChI is InChI=1S/C19H20F3N3O3/c1-10-6-12-8-13(16(26)24-14(12)7-11(10)2)9-23-17(27)15-4-3-5-25(15)18(28)19(20,21)22/h6-8,15H,3-5,9H2,1-2H3,(H,23,27)(H,24,26). The molecule has 1 aromatic heterocycles. The first-order valence-electron chi connectivity index (χ1n) is 8.86. The summed E-state index contributed by atoms with van der Waals surface area (Å²) in [6.45, 7) is 3.61. The number of hydrogen-bond acceptors (Lipinski definition) is 3. The number of nitrogens with one attached hydrogen (secondary N) is 2. The monoisotopic (exact) mass is 395 g/mol. The SMILES string of the molecule is Cc1cc2cc(CNC(=O)C3CCCN3C(=O)C(F)(F)F)c(=O)[nH]c2cc1C. The molecule has 1 unspecified atom stereocenters. The molecule has 1 aromatic carbocycles. The van der Waals surface area contributed by atoms with Crippen molar-refractivity contribution in [2.45, 2.75) is 45.5 Å². The fourth-order valence-electron chi connectivity index (χ4n) is 3.40. The number of carbonyl (C=O) groups is 2. The molecule has 9 heteroatoms. The molecule has 6 nitrogen and oxygen atoms in total. The predicted molar refractivity (Wildman–Crippen MR) is 96.7 cm³/mol. The molecule has 0 radical (unpaired) electrons. The van der Waals surface area contributed by atoms with Crippen LogP contribution in [-0.2, 0) is 16.1 Å². The van der Waals surface area contributed by atoms with Gasteiger partial charge in [-0.1, -0.05) is 0 Å². The van der Waals surface area contributed by atoms with Gasteiger partial charge in [-0.3, -0.25) is 14.4 Å². The van der Waals surface area contributed by atoms with E-state index in [0.29, 0.717) is 16.8 Å². The van der Waals surface area contributed by atoms with E-state index in [9.17, 15) is 27.6 Å². The van der Waals surface area contributed by atoms with Crippen molar-refractivity contribution < 1.29 is 22.8 Å². The number of H-pyrrole nitrogens is 1. The number of alkyl halides is 3. The number of nitrogens with zero attached hydrogens (tertiary/aromatic N) is 1. The Morgan fingerprint density at radius 3 is 2.57 bits per heavy atom. The molecule has 2 aromatic rings. The fraction of sp³-hybridized carbons (Fsp3) is 0.421. The minimum Gasteiger partial charge on any atom is -0.350 e. The van der Waals surface area contributed by atoms with Crippen LogP contribution in [0, 0.1) is 13.8 Å². The minimum atomic E-state index is -5.02. The molecule has 1 atom stereocenters. The number of benzene rings is 1. The van der Waals surface area contributed by atoms with Crippen LogP contribution in [-0.4, -0.2) is 40.5 Å². The van der Waals surface area contributed by atoms with Gasteiger partial charge < -0.3 is 15.2 Å². The number of hydrogen-bond donors (Lipinski definition) is 2. The first-order chi connectivity index (χ1) is 13.1. The van der Waals surface area contributed by atoms with Crippen molar-refractivity contribution in [3.63, 3.8) is 0 Å². The molecule has 2 amide bonds. The Kier molecular flexibility index (Phi) is 5.18. The van der Waals surface area contributed by atoms with Gasteiger partial charge in [0, 0.05) is 24.2 Å². The van der Waals surface area contributed by atoms with E-state index in [1.807, 2.05) is 26.0 Å². The first-order valence-corrected chi connectivity index (χ1v) is 8.86. The van der Waals surface area contributed by atoms with Crippen LogP contribution in [0.15, 0.2) is 23.0 Å². The third-order valence-corrected chi connectivity index (χ3v) is 5.05. The summed E-state index contributed by atoms with van der Waals surface area (Å²) in [5.74, 6) is -2.71. The van der Waals surface area contributed by atoms with Gasteiger partial charge in [0.05, 0.1) is 0 Å². The summed E-state index contributed by atoms with van der Waals surface area (Å²) in [4.78, 5) is 39.4. The Morgan fingerprint density at radius 1 is 1.21 bits per heavy atom. The molecule has 1 fully saturated rings. The molecule has 3 rings (SSSR count). The highest BCUT2D eigenvalue weighted by atomic mass is 19.4. The van der Waals surface area contributed by atoms with Gasteiger partial charge >= 0.3 is 12.1 Å². The van der Waals surface area contributed by atoms with Crippen LogP contribution in [0.2, 0.25) is 0 Å². The number of halogens is 3. The molecule has 0 spiro atoms. The second-order valence-corrected chi connectivity index (χ2v) is 7.02. The molecule has 0 bridgehead atoms. The van der Waals surface area contributed by atoms with Crippen LogP contribution in [0.3, 0.4) is 0 Å². The Hall–Kier alpha value is -2.84. The summed E-state index contributed by atoms with van der Waals surface area (Å²) in [6, 6.07) is 4.23. The van der Waals surface area contributed by atoms with Crippen molar-refractivity contribution in [2.24, 2.45) is 0 Å². The number of amides is 2. The van der Waals surface area contributed by atoms with Crippen LogP contribution in [0.1, 0.15) is 29.5 Å². The fourth-order valence-corrected chi connectivity index (χ4v) is 3.40. The molecule has 2 heterocycles. The summed E-state index contributed by atoms with van der Waals surface area (Å²) in [6.07, 6.45) is -4.55. The average Bonchev–Trinajstić information content (AvgIpc) is 3.09. The molecule has 1 aliphatic heterocycles. The van der Waals surface area contributed by atoms with Gasteiger partial charge in [0.25, 0.3) is 5.56 Å². The van der Waals surface area contributed by atoms with Gasteiger partial charge in [0.15, 0.2) is 0 Å². The Labute approximate surface area is 158 Å². The predicted octanol–water partition coefficient (Wildman–Crippen LogP) is 2.31. The maximum atomic E-state index is 12.7. The van der Waals surface area contributed by atoms with E-state index in [4.69, 9.17) is 0 Å². The molecule has 2 N–H and O–H groups in total. The molecular formula is C19H20F3N3O3. The smallest absolute Gasteiger partial charge is 0.350 e. The van der Waals surface area contributed by atoms with E-state index >= 15 is 0 Å². The van der Waals surface area contributed by atoms with Gasteiger partial charge in [-0.2, -0.15) is 13.2 Å². The van der Waals surface area contributed by atoms with Gasteiger partial charge in [-0.25, -0.2) is 0 Å². The van der Waals surface area contributed by atoms with Gasteiger partial charge in [-0.15, -0.1) is 0 Å². The van der Waals surface area contributed by atoms with Crippen molar-refractivity contribution in [3.05, 3.63) is 45.2 Å². The lowest BCUT2D eigenvalue weighted by atomic mass is 10.0. The van der Waals surface area contributed by atoms with E-state index in [-0.39, 0.29) is 30.6 Å². The van der Waals surface area contributed by atoms with E-state index in [1.165, 1.54) is 0 Å². The zero-order valence-corrected chi connectivity index (χ0v) is 15.4. The third kappa shape index (κ3) is 3.88. The van der Waals surface area contributed by atoms with E-state index in [2.05, 4.69) is 10.3 Å². The summed E-state index contributed by atoms with van der Waals surface area (Å²) < 4.78 is 38.0. The molecule has 0 saturated carbocycles. The summed E-state index contributed by atoms with van der Waals surface area (Å²) in [5.41, 5.74) is 2.64. The average molecular weight is 395 g/mol. The molecule has 150 valence electrons. The largest absolute Gasteiger partial charge is 0.471 e. The third-order valence-electron chi connectivity index (χ3n) is 5.05. The molecule has 28 heavy (non-hydrogen) atoms. The van der Waals surface area contributed by atoms with Crippen molar-refractivity contribution in [3.8, 4) is 0 Å². The van der Waals surface area contributed by atoms with Crippen molar-refractivity contribution >= 4 is 22.7 Å². The number of aromatic nitrogens is 1. The van der Waals surface area contributed by atoms with E-state index < -0.39 is 24.0 Å². The van der Waals surface area contributed by atoms with Crippen LogP contribution < -0.4 is 10.9 Å². The Balaban J connectivity index is 1.75. The topological polar surface area (TPSA) is 82.3 Å². The summed E-state index contributed by atoms with van der Waals surface area (Å²) in [7, 11) is 0. The number of carbonyl (C=O) groups excluding carboxylic acids is 2. The van der Waals surface area contributed by atoms with Crippen molar-refractivity contribution in [1.82, 2.24) is 15.2 Å². The van der Waals surface area contributed by atoms with Crippen LogP contribution in [0.4, 0.5) is 13.2 Å². The molecule has 1 saturated heterocycles. The lowest BCUT2D eigenvalue weighted by molar-refractivity contribution is -0.186. The maximum absolute atomic E-state index is 12.7. The zero-order valence-electron chi connectivity index (χ0n) is 15.4. The summed E-state index contributed by atoms with van der Waals surface area (Å²) >= 11 is 0. The number of aryl methyl sites for hydroxylation is 2. The summed E-state index contributed by atoms with van der Waals surface area (Å²) in [5, 5.41) is 3.28. The second kappa shape index (κ2) is 7.29. The van der Waals surface area contributed by atoms with Gasteiger partial charge in [-0.05, 0) is 61.4 Å². The van der Waals surface area contributed by atoms with Crippen molar-refractivity contribution in [1.29, 1.82) is 0 Å². The normalized spacial score (nSPS) is 17.2. The van der Waals surface area contributed by atoms with Gasteiger partial charge in [0.1, 0.15) is 6.04 Å². The maximum Gasteiger partial charge on any atom is 0.471 e. The number of rotatable bonds is 3. The van der Waals surface area contributed by atoms with E-state index in [0.717, 1.165) is 16.5 Å². The number of likely N-dealkylation sites (tertiary alicyclic amines) is 1. The van der Waals surface area contributed by atoms with E-state index in [1.54, 1.807) is 6.07 Å². The Morgan fingerprint density at radius 2 is 1.89 bits per heavy atom. The molecule has 0 aliphatic carbocycles. The number of aromatic amines is 1. The van der Waals surface area contributed by atoms with Crippen LogP contribution in [0.5, 0.6) is 0 Å². The highest BCUT2D eigenvalue weighted by Gasteiger charge is 2.47. The van der Waals surface area contributed by atoms with Crippen LogP contribution >= 0.6 is 0 Å². The molecular weight excluding hydrogens is 375 g/mol. The highest BCUT2D eigenvalue weighted by Crippen LogP contribution is 2.25. The lowest BCUT2D eigenvalue weighted by Gasteiger charge is -2.24. The first kappa shape index (κ1) is 19.9. The second-order valence-electron chi connectivity index (χ2n) is 7.02. The van der Waals surface area contributed by atoms with Gasteiger partial charge in [0.2, 0.25) is 5.91 Å². The van der Waals surface area contributed by atoms with Crippen molar-refractivity contribution in [2.75, 3.05) is 6.54 Å². The van der Waals surface area contributed by atoms with Crippen LogP contribution in [0.25, 0.3) is 10.9 Å². The Bertz CT molecular complexity index is 998. The highest BCUT2D eigenvalue weighted by molar-refractivity contribution is 5.90. The quantitative estimate of drug-likeness (QED) is 0.837. The number of pyridine rings is 1. The lowest BCUT2D eigenvalue weighted by Crippen LogP contribution is -2.50. The zero-order chi connectivity index (χ0) is 20.6.